The maximum Gasteiger partial charge on any atom is 0.108 e. The molecular weight excluding hydrogens is 384 g/mol. The third-order valence-electron chi connectivity index (χ3n) is 6.04. The van der Waals surface area contributed by atoms with Crippen LogP contribution < -0.4 is 11.2 Å². The number of aliphatic imine (C=N–C) groups is 1. The summed E-state index contributed by atoms with van der Waals surface area (Å²) in [4.78, 5) is 5.04. The second-order valence-electron chi connectivity index (χ2n) is 8.16. The van der Waals surface area contributed by atoms with Gasteiger partial charge in [0.15, 0.2) is 0 Å². The number of amidine groups is 1. The number of hydrogen-bond donors (Lipinski definition) is 2. The van der Waals surface area contributed by atoms with Crippen molar-refractivity contribution in [3.05, 3.63) is 64.2 Å². The predicted molar refractivity (Wildman–Crippen MR) is 119 cm³/mol. The van der Waals surface area contributed by atoms with Crippen LogP contribution in [0, 0.1) is 5.41 Å². The highest BCUT2D eigenvalue weighted by atomic mass is 35.5. The predicted octanol–water partition coefficient (Wildman–Crippen LogP) is 4.05. The van der Waals surface area contributed by atoms with Gasteiger partial charge < -0.3 is 10.1 Å². The molecule has 0 bridgehead atoms. The van der Waals surface area contributed by atoms with Crippen molar-refractivity contribution in [3.8, 4) is 0 Å². The number of rotatable bonds is 5. The van der Waals surface area contributed by atoms with Crippen LogP contribution in [-0.4, -0.2) is 37.7 Å². The van der Waals surface area contributed by atoms with Gasteiger partial charge in [0.25, 0.3) is 0 Å². The quantitative estimate of drug-likeness (QED) is 0.574. The summed E-state index contributed by atoms with van der Waals surface area (Å²) in [5.74, 6) is 6.94. The number of anilines is 1. The van der Waals surface area contributed by atoms with E-state index in [1.165, 1.54) is 16.8 Å². The van der Waals surface area contributed by atoms with Gasteiger partial charge in [-0.25, -0.2) is 5.01 Å². The van der Waals surface area contributed by atoms with Crippen LogP contribution in [0.4, 0.5) is 5.69 Å². The van der Waals surface area contributed by atoms with Gasteiger partial charge in [-0.1, -0.05) is 35.9 Å². The number of nitrogens with zero attached hydrogens (tertiary/aromatic N) is 2. The number of hydrogen-bond acceptors (Lipinski definition) is 4. The van der Waals surface area contributed by atoms with Gasteiger partial charge >= 0.3 is 0 Å². The summed E-state index contributed by atoms with van der Waals surface area (Å²) in [5.41, 5.74) is 5.07. The molecule has 2 aliphatic heterocycles. The summed E-state index contributed by atoms with van der Waals surface area (Å²) < 4.78 is 5.70. The number of nitrogens with one attached hydrogen (secondary N) is 1. The molecule has 1 fully saturated rings. The summed E-state index contributed by atoms with van der Waals surface area (Å²) in [6.45, 7) is 3.02. The monoisotopic (exact) mass is 412 g/mol. The van der Waals surface area contributed by atoms with Crippen LogP contribution in [0.3, 0.4) is 0 Å². The first-order chi connectivity index (χ1) is 14.1. The standard InChI is InChI=1S/C23H29ClN4O/c1-28(25)11-8-18-5-3-7-21-20(18)15-23(9-12-29-13-10-23)22(27-21)26-16-17-4-2-6-19(24)14-17/h2-7,14H,8-13,15-16,25H2,1H3,(H,26,27). The van der Waals surface area contributed by atoms with Gasteiger partial charge in [-0.3, -0.25) is 10.8 Å². The summed E-state index contributed by atoms with van der Waals surface area (Å²) in [6, 6.07) is 14.4. The minimum Gasteiger partial charge on any atom is -0.381 e. The van der Waals surface area contributed by atoms with Crippen LogP contribution in [-0.2, 0) is 24.1 Å². The number of fused-ring (bicyclic) bond motifs is 1. The Kier molecular flexibility index (Phi) is 6.20. The highest BCUT2D eigenvalue weighted by molar-refractivity contribution is 6.30. The fraction of sp³-hybridized carbons (Fsp3) is 0.435. The van der Waals surface area contributed by atoms with Gasteiger partial charge in [-0.15, -0.1) is 0 Å². The fourth-order valence-corrected chi connectivity index (χ4v) is 4.58. The number of halogens is 1. The van der Waals surface area contributed by atoms with Crippen molar-refractivity contribution in [2.24, 2.45) is 16.3 Å². The lowest BCUT2D eigenvalue weighted by atomic mass is 9.70. The van der Waals surface area contributed by atoms with Gasteiger partial charge in [-0.2, -0.15) is 0 Å². The van der Waals surface area contributed by atoms with E-state index in [0.717, 1.165) is 61.9 Å². The Morgan fingerprint density at radius 1 is 1.21 bits per heavy atom. The number of hydrazine groups is 1. The smallest absolute Gasteiger partial charge is 0.108 e. The van der Waals surface area contributed by atoms with Crippen LogP contribution in [0.15, 0.2) is 47.5 Å². The molecule has 1 saturated heterocycles. The molecule has 0 unspecified atom stereocenters. The molecule has 0 aromatic heterocycles. The van der Waals surface area contributed by atoms with Gasteiger partial charge in [0.2, 0.25) is 0 Å². The Bertz CT molecular complexity index is 890. The van der Waals surface area contributed by atoms with Crippen molar-refractivity contribution in [1.82, 2.24) is 5.01 Å². The van der Waals surface area contributed by atoms with E-state index in [9.17, 15) is 0 Å². The molecule has 3 N–H and O–H groups in total. The zero-order valence-corrected chi connectivity index (χ0v) is 17.7. The first-order valence-corrected chi connectivity index (χ1v) is 10.6. The molecule has 0 amide bonds. The zero-order valence-electron chi connectivity index (χ0n) is 17.0. The Morgan fingerprint density at radius 3 is 2.76 bits per heavy atom. The third-order valence-corrected chi connectivity index (χ3v) is 6.27. The minimum absolute atomic E-state index is 0.00848. The molecule has 4 rings (SSSR count). The van der Waals surface area contributed by atoms with E-state index >= 15 is 0 Å². The number of benzene rings is 2. The summed E-state index contributed by atoms with van der Waals surface area (Å²) >= 11 is 6.15. The number of likely N-dealkylation sites (N-methyl/N-ethyl adjacent to an activating group) is 1. The number of nitrogens with two attached hydrogens (primary N) is 1. The molecule has 0 radical (unpaired) electrons. The van der Waals surface area contributed by atoms with Crippen LogP contribution in [0.1, 0.15) is 29.5 Å². The molecule has 29 heavy (non-hydrogen) atoms. The van der Waals surface area contributed by atoms with Crippen LogP contribution in [0.5, 0.6) is 0 Å². The molecule has 2 aromatic rings. The second-order valence-corrected chi connectivity index (χ2v) is 8.60. The normalized spacial score (nSPS) is 19.4. The van der Waals surface area contributed by atoms with Gasteiger partial charge in [0.1, 0.15) is 5.84 Å². The van der Waals surface area contributed by atoms with Gasteiger partial charge in [0, 0.05) is 42.9 Å². The SMILES string of the molecule is CN(N)CCc1cccc2c1CC1(CCOCC1)C(=NCc1cccc(Cl)c1)N2. The van der Waals surface area contributed by atoms with E-state index in [4.69, 9.17) is 27.2 Å². The minimum atomic E-state index is 0.00848. The maximum atomic E-state index is 6.15. The molecule has 0 aliphatic carbocycles. The average Bonchev–Trinajstić information content (AvgIpc) is 2.71. The van der Waals surface area contributed by atoms with E-state index in [1.54, 1.807) is 5.01 Å². The molecule has 5 nitrogen and oxygen atoms in total. The van der Waals surface area contributed by atoms with Crippen molar-refractivity contribution >= 4 is 23.1 Å². The van der Waals surface area contributed by atoms with Crippen LogP contribution in [0.25, 0.3) is 0 Å². The zero-order chi connectivity index (χ0) is 20.3. The third kappa shape index (κ3) is 4.64. The fourth-order valence-electron chi connectivity index (χ4n) is 4.36. The molecule has 1 spiro atoms. The molecule has 154 valence electrons. The highest BCUT2D eigenvalue weighted by Crippen LogP contribution is 2.43. The van der Waals surface area contributed by atoms with Crippen molar-refractivity contribution in [2.75, 3.05) is 32.1 Å². The van der Waals surface area contributed by atoms with Crippen LogP contribution in [0.2, 0.25) is 5.02 Å². The molecule has 0 saturated carbocycles. The lowest BCUT2D eigenvalue weighted by Gasteiger charge is -2.43. The first kappa shape index (κ1) is 20.4. The van der Waals surface area contributed by atoms with E-state index in [2.05, 4.69) is 29.6 Å². The van der Waals surface area contributed by atoms with Crippen molar-refractivity contribution in [3.63, 3.8) is 0 Å². The van der Waals surface area contributed by atoms with Crippen molar-refractivity contribution < 1.29 is 4.74 Å². The molecular formula is C23H29ClN4O. The number of ether oxygens (including phenoxy) is 1. The average molecular weight is 413 g/mol. The van der Waals surface area contributed by atoms with E-state index < -0.39 is 0 Å². The molecule has 2 aromatic carbocycles. The van der Waals surface area contributed by atoms with E-state index in [0.29, 0.717) is 6.54 Å². The molecule has 0 atom stereocenters. The lowest BCUT2D eigenvalue weighted by molar-refractivity contribution is 0.0448. The lowest BCUT2D eigenvalue weighted by Crippen LogP contribution is -2.46. The highest BCUT2D eigenvalue weighted by Gasteiger charge is 2.42. The molecule has 2 heterocycles. The van der Waals surface area contributed by atoms with E-state index in [1.807, 2.05) is 25.2 Å². The largest absolute Gasteiger partial charge is 0.381 e. The summed E-state index contributed by atoms with van der Waals surface area (Å²) in [5, 5.41) is 6.18. The Hall–Kier alpha value is -1.92. The first-order valence-electron chi connectivity index (χ1n) is 10.3. The molecule has 2 aliphatic rings. The second kappa shape index (κ2) is 8.84. The molecule has 6 heteroatoms. The Labute approximate surface area is 177 Å². The summed E-state index contributed by atoms with van der Waals surface area (Å²) in [6.07, 6.45) is 3.91. The van der Waals surface area contributed by atoms with E-state index in [-0.39, 0.29) is 5.41 Å². The van der Waals surface area contributed by atoms with Crippen molar-refractivity contribution in [2.45, 2.75) is 32.2 Å². The van der Waals surface area contributed by atoms with Gasteiger partial charge in [0.05, 0.1) is 6.54 Å². The maximum absolute atomic E-state index is 6.15. The van der Waals surface area contributed by atoms with Gasteiger partial charge in [-0.05, 0) is 60.6 Å². The van der Waals surface area contributed by atoms with Crippen molar-refractivity contribution in [1.29, 1.82) is 0 Å². The Balaban J connectivity index is 1.65. The summed E-state index contributed by atoms with van der Waals surface area (Å²) in [7, 11) is 1.91. The van der Waals surface area contributed by atoms with Crippen LogP contribution >= 0.6 is 11.6 Å². The Morgan fingerprint density at radius 2 is 2.00 bits per heavy atom. The topological polar surface area (TPSA) is 62.9 Å².